The highest BCUT2D eigenvalue weighted by Crippen LogP contribution is 2.23. The number of nitrogens with one attached hydrogen (secondary N) is 1. The van der Waals surface area contributed by atoms with E-state index in [9.17, 15) is 9.18 Å². The Morgan fingerprint density at radius 2 is 2.05 bits per heavy atom. The highest BCUT2D eigenvalue weighted by Gasteiger charge is 2.08. The molecule has 0 bridgehead atoms. The molecule has 0 atom stereocenters. The molecule has 0 aliphatic heterocycles. The molecule has 1 N–H and O–H groups in total. The lowest BCUT2D eigenvalue weighted by atomic mass is 10.0. The molecule has 0 aromatic heterocycles. The van der Waals surface area contributed by atoms with E-state index in [1.54, 1.807) is 12.1 Å². The number of carbonyl (C=O) groups is 1. The topological polar surface area (TPSA) is 29.1 Å². The van der Waals surface area contributed by atoms with Gasteiger partial charge in [-0.3, -0.25) is 4.79 Å². The van der Waals surface area contributed by atoms with Crippen LogP contribution in [0.3, 0.4) is 0 Å². The van der Waals surface area contributed by atoms with Crippen molar-refractivity contribution >= 4 is 16.7 Å². The summed E-state index contributed by atoms with van der Waals surface area (Å²) >= 11 is 0. The lowest BCUT2D eigenvalue weighted by molar-refractivity contribution is -0.124. The molecule has 99 valence electrons. The third-order valence-electron chi connectivity index (χ3n) is 3.08. The summed E-state index contributed by atoms with van der Waals surface area (Å²) in [6.07, 6.45) is 0. The van der Waals surface area contributed by atoms with Gasteiger partial charge in [0.25, 0.3) is 0 Å². The maximum absolute atomic E-state index is 13.8. The smallest absolute Gasteiger partial charge is 0.222 e. The highest BCUT2D eigenvalue weighted by atomic mass is 19.1. The molecule has 0 saturated heterocycles. The van der Waals surface area contributed by atoms with Gasteiger partial charge < -0.3 is 5.32 Å². The van der Waals surface area contributed by atoms with Crippen LogP contribution in [-0.4, -0.2) is 5.91 Å². The van der Waals surface area contributed by atoms with Gasteiger partial charge in [-0.1, -0.05) is 32.0 Å². The summed E-state index contributed by atoms with van der Waals surface area (Å²) in [6.45, 7) is 8.00. The van der Waals surface area contributed by atoms with Crippen molar-refractivity contribution in [3.05, 3.63) is 54.2 Å². The first kappa shape index (κ1) is 13.5. The molecular formula is C16H17FNO. The molecule has 2 rings (SSSR count). The van der Waals surface area contributed by atoms with Crippen LogP contribution in [0.4, 0.5) is 4.39 Å². The molecule has 0 heterocycles. The van der Waals surface area contributed by atoms with Crippen molar-refractivity contribution in [2.75, 3.05) is 0 Å². The molecule has 0 spiro atoms. The van der Waals surface area contributed by atoms with Crippen molar-refractivity contribution in [3.63, 3.8) is 0 Å². The summed E-state index contributed by atoms with van der Waals surface area (Å²) in [7, 11) is 0. The first-order valence-corrected chi connectivity index (χ1v) is 6.30. The van der Waals surface area contributed by atoms with Gasteiger partial charge in [0.1, 0.15) is 5.82 Å². The van der Waals surface area contributed by atoms with Gasteiger partial charge in [-0.25, -0.2) is 4.39 Å². The number of amides is 1. The lowest BCUT2D eigenvalue weighted by Crippen LogP contribution is -2.27. The minimum Gasteiger partial charge on any atom is -0.352 e. The second-order valence-corrected chi connectivity index (χ2v) is 4.96. The van der Waals surface area contributed by atoms with Gasteiger partial charge in [0.05, 0.1) is 0 Å². The molecule has 0 aliphatic rings. The molecule has 1 radical (unpaired) electrons. The highest BCUT2D eigenvalue weighted by molar-refractivity contribution is 5.87. The zero-order chi connectivity index (χ0) is 14.0. The first-order valence-electron chi connectivity index (χ1n) is 6.30. The molecule has 2 nitrogen and oxygen atoms in total. The fraction of sp³-hybridized carbons (Fsp3) is 0.250. The molecule has 19 heavy (non-hydrogen) atoms. The minimum absolute atomic E-state index is 0.0146. The van der Waals surface area contributed by atoms with Gasteiger partial charge in [-0.15, -0.1) is 0 Å². The van der Waals surface area contributed by atoms with E-state index in [0.29, 0.717) is 11.9 Å². The quantitative estimate of drug-likeness (QED) is 0.897. The SMILES string of the molecule is [CH2]c1cc(CNC(=O)C(C)C)cc2c(F)cccc12. The average Bonchev–Trinajstić information content (AvgIpc) is 2.37. The average molecular weight is 258 g/mol. The predicted octanol–water partition coefficient (Wildman–Crippen LogP) is 3.43. The number of hydrogen-bond donors (Lipinski definition) is 1. The Kier molecular flexibility index (Phi) is 3.84. The van der Waals surface area contributed by atoms with Crippen LogP contribution in [0, 0.1) is 18.7 Å². The van der Waals surface area contributed by atoms with Crippen molar-refractivity contribution < 1.29 is 9.18 Å². The van der Waals surface area contributed by atoms with E-state index in [4.69, 9.17) is 0 Å². The first-order chi connectivity index (χ1) is 8.99. The fourth-order valence-electron chi connectivity index (χ4n) is 1.99. The molecule has 0 aliphatic carbocycles. The van der Waals surface area contributed by atoms with Crippen molar-refractivity contribution in [2.45, 2.75) is 20.4 Å². The number of hydrogen-bond acceptors (Lipinski definition) is 1. The van der Waals surface area contributed by atoms with E-state index >= 15 is 0 Å². The Balaban J connectivity index is 2.30. The van der Waals surface area contributed by atoms with Crippen molar-refractivity contribution in [3.8, 4) is 0 Å². The molecule has 2 aromatic carbocycles. The second-order valence-electron chi connectivity index (χ2n) is 4.96. The molecule has 1 amide bonds. The zero-order valence-electron chi connectivity index (χ0n) is 11.2. The third kappa shape index (κ3) is 2.92. The van der Waals surface area contributed by atoms with Crippen LogP contribution in [0.25, 0.3) is 10.8 Å². The van der Waals surface area contributed by atoms with Crippen LogP contribution < -0.4 is 5.32 Å². The van der Waals surface area contributed by atoms with Gasteiger partial charge in [0, 0.05) is 17.8 Å². The summed E-state index contributed by atoms with van der Waals surface area (Å²) in [5.74, 6) is -0.338. The molecule has 2 aromatic rings. The van der Waals surface area contributed by atoms with Gasteiger partial charge in [-0.2, -0.15) is 0 Å². The Hall–Kier alpha value is -1.90. The van der Waals surface area contributed by atoms with E-state index in [2.05, 4.69) is 12.2 Å². The van der Waals surface area contributed by atoms with E-state index in [-0.39, 0.29) is 17.6 Å². The lowest BCUT2D eigenvalue weighted by Gasteiger charge is -2.10. The summed E-state index contributed by atoms with van der Waals surface area (Å²) < 4.78 is 13.8. The van der Waals surface area contributed by atoms with E-state index in [1.165, 1.54) is 6.07 Å². The maximum Gasteiger partial charge on any atom is 0.222 e. The van der Waals surface area contributed by atoms with Gasteiger partial charge in [0.15, 0.2) is 0 Å². The Morgan fingerprint density at radius 3 is 2.74 bits per heavy atom. The number of halogens is 1. The van der Waals surface area contributed by atoms with Crippen LogP contribution >= 0.6 is 0 Å². The van der Waals surface area contributed by atoms with Crippen molar-refractivity contribution in [2.24, 2.45) is 5.92 Å². The van der Waals surface area contributed by atoms with Crippen molar-refractivity contribution in [1.82, 2.24) is 5.32 Å². The van der Waals surface area contributed by atoms with Gasteiger partial charge in [-0.05, 0) is 35.6 Å². The van der Waals surface area contributed by atoms with Crippen molar-refractivity contribution in [1.29, 1.82) is 0 Å². The Labute approximate surface area is 112 Å². The van der Waals surface area contributed by atoms with Crippen LogP contribution in [-0.2, 0) is 11.3 Å². The summed E-state index contributed by atoms with van der Waals surface area (Å²) in [4.78, 5) is 11.5. The van der Waals surface area contributed by atoms with Gasteiger partial charge in [0.2, 0.25) is 5.91 Å². The van der Waals surface area contributed by atoms with Crippen LogP contribution in [0.5, 0.6) is 0 Å². The Bertz CT molecular complexity index is 619. The van der Waals surface area contributed by atoms with Crippen LogP contribution in [0.1, 0.15) is 25.0 Å². The number of fused-ring (bicyclic) bond motifs is 1. The second kappa shape index (κ2) is 5.39. The summed E-state index contributed by atoms with van der Waals surface area (Å²) in [5.41, 5.74) is 1.63. The zero-order valence-corrected chi connectivity index (χ0v) is 11.2. The normalized spacial score (nSPS) is 11.0. The number of rotatable bonds is 3. The molecule has 0 unspecified atom stereocenters. The fourth-order valence-corrected chi connectivity index (χ4v) is 1.99. The third-order valence-corrected chi connectivity index (χ3v) is 3.08. The molecular weight excluding hydrogens is 241 g/mol. The minimum atomic E-state index is -0.264. The van der Waals surface area contributed by atoms with Crippen LogP contribution in [0.2, 0.25) is 0 Å². The van der Waals surface area contributed by atoms with E-state index in [1.807, 2.05) is 26.0 Å². The Morgan fingerprint density at radius 1 is 1.32 bits per heavy atom. The summed E-state index contributed by atoms with van der Waals surface area (Å²) in [6, 6.07) is 8.59. The van der Waals surface area contributed by atoms with Gasteiger partial charge >= 0.3 is 0 Å². The van der Waals surface area contributed by atoms with E-state index in [0.717, 1.165) is 16.5 Å². The maximum atomic E-state index is 13.8. The summed E-state index contributed by atoms with van der Waals surface area (Å²) in [5, 5.41) is 4.17. The largest absolute Gasteiger partial charge is 0.352 e. The number of benzene rings is 2. The van der Waals surface area contributed by atoms with Crippen LogP contribution in [0.15, 0.2) is 30.3 Å². The van der Waals surface area contributed by atoms with E-state index < -0.39 is 0 Å². The predicted molar refractivity (Wildman–Crippen MR) is 75.0 cm³/mol. The molecule has 0 saturated carbocycles. The molecule has 3 heteroatoms. The number of carbonyl (C=O) groups excluding carboxylic acids is 1. The molecule has 0 fully saturated rings. The monoisotopic (exact) mass is 258 g/mol. The standard InChI is InChI=1S/C16H17FNO/c1-10(2)16(19)18-9-12-7-11(3)13-5-4-6-15(17)14(13)8-12/h4-8,10H,3,9H2,1-2H3,(H,18,19).